The van der Waals surface area contributed by atoms with Crippen LogP contribution in [0.4, 0.5) is 0 Å². The zero-order valence-corrected chi connectivity index (χ0v) is 11.8. The molecule has 1 N–H and O–H groups in total. The Morgan fingerprint density at radius 3 is 2.40 bits per heavy atom. The molecule has 2 aromatic carbocycles. The summed E-state index contributed by atoms with van der Waals surface area (Å²) < 4.78 is 5.64. The van der Waals surface area contributed by atoms with Crippen molar-refractivity contribution >= 4 is 5.91 Å². The Morgan fingerprint density at radius 1 is 1.10 bits per heavy atom. The fourth-order valence-electron chi connectivity index (χ4n) is 1.79. The van der Waals surface area contributed by atoms with E-state index in [-0.39, 0.29) is 11.9 Å². The second-order valence-corrected chi connectivity index (χ2v) is 4.86. The first-order valence-corrected chi connectivity index (χ1v) is 6.70. The van der Waals surface area contributed by atoms with Gasteiger partial charge in [-0.2, -0.15) is 0 Å². The van der Waals surface area contributed by atoms with E-state index in [0.29, 0.717) is 12.2 Å². The van der Waals surface area contributed by atoms with E-state index in [2.05, 4.69) is 5.32 Å². The van der Waals surface area contributed by atoms with Gasteiger partial charge in [0.2, 0.25) is 0 Å². The largest absolute Gasteiger partial charge is 0.491 e. The monoisotopic (exact) mass is 269 g/mol. The van der Waals surface area contributed by atoms with E-state index in [4.69, 9.17) is 4.74 Å². The van der Waals surface area contributed by atoms with Crippen molar-refractivity contribution in [3.63, 3.8) is 0 Å². The van der Waals surface area contributed by atoms with Crippen molar-refractivity contribution in [3.05, 3.63) is 65.7 Å². The molecule has 1 amide bonds. The van der Waals surface area contributed by atoms with Crippen molar-refractivity contribution in [2.45, 2.75) is 19.9 Å². The van der Waals surface area contributed by atoms with Crippen LogP contribution >= 0.6 is 0 Å². The maximum atomic E-state index is 11.9. The Balaban J connectivity index is 1.82. The van der Waals surface area contributed by atoms with Crippen molar-refractivity contribution in [3.8, 4) is 5.75 Å². The van der Waals surface area contributed by atoms with Crippen molar-refractivity contribution in [2.24, 2.45) is 0 Å². The first-order valence-electron chi connectivity index (χ1n) is 6.70. The van der Waals surface area contributed by atoms with Gasteiger partial charge < -0.3 is 10.1 Å². The van der Waals surface area contributed by atoms with Crippen LogP contribution in [0.15, 0.2) is 54.6 Å². The number of nitrogens with one attached hydrogen (secondary N) is 1. The summed E-state index contributed by atoms with van der Waals surface area (Å²) in [6.07, 6.45) is 0. The summed E-state index contributed by atoms with van der Waals surface area (Å²) in [4.78, 5) is 11.9. The molecule has 0 radical (unpaired) electrons. The number of benzene rings is 2. The summed E-state index contributed by atoms with van der Waals surface area (Å²) in [6, 6.07) is 17.0. The Bertz CT molecular complexity index is 549. The quantitative estimate of drug-likeness (QED) is 0.905. The molecule has 2 rings (SSSR count). The molecule has 0 heterocycles. The lowest BCUT2D eigenvalue weighted by Gasteiger charge is -2.15. The fourth-order valence-corrected chi connectivity index (χ4v) is 1.79. The molecule has 0 saturated heterocycles. The zero-order valence-electron chi connectivity index (χ0n) is 11.8. The Hall–Kier alpha value is -2.29. The number of carbonyl (C=O) groups is 1. The Morgan fingerprint density at radius 2 is 1.75 bits per heavy atom. The third-order valence-electron chi connectivity index (χ3n) is 2.93. The lowest BCUT2D eigenvalue weighted by molar-refractivity contribution is 0.0926. The molecule has 0 fully saturated rings. The van der Waals surface area contributed by atoms with Crippen LogP contribution in [0.5, 0.6) is 5.75 Å². The summed E-state index contributed by atoms with van der Waals surface area (Å²) in [5.41, 5.74) is 1.86. The number of rotatable bonds is 5. The molecular weight excluding hydrogens is 250 g/mol. The maximum Gasteiger partial charge on any atom is 0.251 e. The van der Waals surface area contributed by atoms with Gasteiger partial charge in [-0.15, -0.1) is 0 Å². The van der Waals surface area contributed by atoms with E-state index in [9.17, 15) is 4.79 Å². The normalized spacial score (nSPS) is 11.7. The molecule has 3 heteroatoms. The van der Waals surface area contributed by atoms with E-state index in [1.165, 1.54) is 5.56 Å². The van der Waals surface area contributed by atoms with Crippen LogP contribution in [0.2, 0.25) is 0 Å². The molecule has 0 bridgehead atoms. The third-order valence-corrected chi connectivity index (χ3v) is 2.93. The van der Waals surface area contributed by atoms with Gasteiger partial charge in [-0.25, -0.2) is 0 Å². The van der Waals surface area contributed by atoms with Gasteiger partial charge in [0.05, 0.1) is 6.04 Å². The summed E-state index contributed by atoms with van der Waals surface area (Å²) in [5, 5.41) is 2.91. The number of ether oxygens (including phenoxy) is 1. The van der Waals surface area contributed by atoms with Gasteiger partial charge >= 0.3 is 0 Å². The van der Waals surface area contributed by atoms with E-state index in [1.54, 1.807) is 12.1 Å². The molecule has 1 atom stereocenters. The summed E-state index contributed by atoms with van der Waals surface area (Å²) in [5.74, 6) is 0.738. The fraction of sp³-hybridized carbons (Fsp3) is 0.235. The molecule has 2 aromatic rings. The summed E-state index contributed by atoms with van der Waals surface area (Å²) in [7, 11) is 0. The van der Waals surface area contributed by atoms with Crippen molar-refractivity contribution in [1.82, 2.24) is 5.32 Å². The number of hydrogen-bond donors (Lipinski definition) is 1. The minimum atomic E-state index is -0.0781. The summed E-state index contributed by atoms with van der Waals surface area (Å²) in [6.45, 7) is 4.41. The number of amides is 1. The SMILES string of the molecule is Cc1ccc(OCC(C)NC(=O)c2ccccc2)cc1. The highest BCUT2D eigenvalue weighted by atomic mass is 16.5. The van der Waals surface area contributed by atoms with Gasteiger partial charge in [0.15, 0.2) is 0 Å². The minimum Gasteiger partial charge on any atom is -0.491 e. The van der Waals surface area contributed by atoms with Crippen LogP contribution < -0.4 is 10.1 Å². The minimum absolute atomic E-state index is 0.0518. The number of carbonyl (C=O) groups excluding carboxylic acids is 1. The average molecular weight is 269 g/mol. The molecule has 1 unspecified atom stereocenters. The molecule has 0 aliphatic carbocycles. The van der Waals surface area contributed by atoms with Crippen LogP contribution in [-0.4, -0.2) is 18.6 Å². The van der Waals surface area contributed by atoms with Gasteiger partial charge in [-0.1, -0.05) is 35.9 Å². The molecule has 0 aliphatic heterocycles. The number of aryl methyl sites for hydroxylation is 1. The van der Waals surface area contributed by atoms with Crippen LogP contribution in [-0.2, 0) is 0 Å². The smallest absolute Gasteiger partial charge is 0.251 e. The van der Waals surface area contributed by atoms with E-state index >= 15 is 0 Å². The number of hydrogen-bond acceptors (Lipinski definition) is 2. The predicted molar refractivity (Wildman–Crippen MR) is 80.0 cm³/mol. The average Bonchev–Trinajstić information content (AvgIpc) is 2.47. The van der Waals surface area contributed by atoms with Crippen LogP contribution in [0.25, 0.3) is 0 Å². The highest BCUT2D eigenvalue weighted by molar-refractivity contribution is 5.94. The first-order chi connectivity index (χ1) is 9.65. The van der Waals surface area contributed by atoms with E-state index < -0.39 is 0 Å². The molecule has 0 aliphatic rings. The molecule has 0 aromatic heterocycles. The second-order valence-electron chi connectivity index (χ2n) is 4.86. The van der Waals surface area contributed by atoms with Crippen molar-refractivity contribution in [1.29, 1.82) is 0 Å². The maximum absolute atomic E-state index is 11.9. The topological polar surface area (TPSA) is 38.3 Å². The molecule has 0 saturated carbocycles. The molecule has 104 valence electrons. The molecule has 20 heavy (non-hydrogen) atoms. The predicted octanol–water partition coefficient (Wildman–Crippen LogP) is 3.19. The molecule has 3 nitrogen and oxygen atoms in total. The van der Waals surface area contributed by atoms with Crippen LogP contribution in [0, 0.1) is 6.92 Å². The second kappa shape index (κ2) is 6.75. The highest BCUT2D eigenvalue weighted by Gasteiger charge is 2.09. The van der Waals surface area contributed by atoms with Crippen LogP contribution in [0.1, 0.15) is 22.8 Å². The highest BCUT2D eigenvalue weighted by Crippen LogP contribution is 2.11. The van der Waals surface area contributed by atoms with Gasteiger partial charge in [0.1, 0.15) is 12.4 Å². The van der Waals surface area contributed by atoms with Crippen molar-refractivity contribution < 1.29 is 9.53 Å². The molecular formula is C17H19NO2. The standard InChI is InChI=1S/C17H19NO2/c1-13-8-10-16(11-9-13)20-12-14(2)18-17(19)15-6-4-3-5-7-15/h3-11,14H,12H2,1-2H3,(H,18,19). The van der Waals surface area contributed by atoms with Crippen LogP contribution in [0.3, 0.4) is 0 Å². The lowest BCUT2D eigenvalue weighted by atomic mass is 10.2. The Labute approximate surface area is 119 Å². The van der Waals surface area contributed by atoms with Gasteiger partial charge in [0, 0.05) is 5.56 Å². The van der Waals surface area contributed by atoms with E-state index in [1.807, 2.05) is 56.3 Å². The zero-order chi connectivity index (χ0) is 14.4. The first kappa shape index (κ1) is 14.1. The van der Waals surface area contributed by atoms with Gasteiger partial charge in [0.25, 0.3) is 5.91 Å². The molecule has 0 spiro atoms. The van der Waals surface area contributed by atoms with Crippen molar-refractivity contribution in [2.75, 3.05) is 6.61 Å². The summed E-state index contributed by atoms with van der Waals surface area (Å²) >= 11 is 0. The van der Waals surface area contributed by atoms with Gasteiger partial charge in [-0.3, -0.25) is 4.79 Å². The van der Waals surface area contributed by atoms with Gasteiger partial charge in [-0.05, 0) is 38.1 Å². The third kappa shape index (κ3) is 4.12. The lowest BCUT2D eigenvalue weighted by Crippen LogP contribution is -2.36. The van der Waals surface area contributed by atoms with E-state index in [0.717, 1.165) is 5.75 Å². The Kier molecular flexibility index (Phi) is 4.77.